The summed E-state index contributed by atoms with van der Waals surface area (Å²) in [6.07, 6.45) is -5.51. The average molecular weight is 292 g/mol. The van der Waals surface area contributed by atoms with Crippen LogP contribution in [0, 0.1) is 5.92 Å². The molecular formula is C13H15F3O2S. The van der Waals surface area contributed by atoms with E-state index in [1.165, 1.54) is 11.8 Å². The van der Waals surface area contributed by atoms with E-state index in [0.29, 0.717) is 0 Å². The molecule has 1 aromatic carbocycles. The van der Waals surface area contributed by atoms with E-state index in [4.69, 9.17) is 0 Å². The van der Waals surface area contributed by atoms with Crippen molar-refractivity contribution in [3.63, 3.8) is 0 Å². The fraction of sp³-hybridized carbons (Fsp3) is 0.462. The minimum Gasteiger partial charge on any atom is -0.466 e. The van der Waals surface area contributed by atoms with Crippen molar-refractivity contribution < 1.29 is 22.7 Å². The van der Waals surface area contributed by atoms with Crippen LogP contribution in [0.5, 0.6) is 0 Å². The summed E-state index contributed by atoms with van der Waals surface area (Å²) in [6, 6.07) is 9.00. The highest BCUT2D eigenvalue weighted by molar-refractivity contribution is 7.99. The van der Waals surface area contributed by atoms with Crippen molar-refractivity contribution in [2.75, 3.05) is 12.4 Å². The van der Waals surface area contributed by atoms with E-state index in [1.807, 2.05) is 6.07 Å². The van der Waals surface area contributed by atoms with Gasteiger partial charge in [-0.2, -0.15) is 13.2 Å². The smallest absolute Gasteiger partial charge is 0.389 e. The zero-order valence-corrected chi connectivity index (χ0v) is 11.3. The molecule has 0 aliphatic rings. The van der Waals surface area contributed by atoms with Gasteiger partial charge in [-0.1, -0.05) is 18.2 Å². The Labute approximate surface area is 114 Å². The van der Waals surface area contributed by atoms with E-state index in [1.54, 1.807) is 31.2 Å². The molecule has 106 valence electrons. The molecule has 0 aliphatic carbocycles. The number of benzene rings is 1. The van der Waals surface area contributed by atoms with Crippen molar-refractivity contribution in [3.8, 4) is 0 Å². The van der Waals surface area contributed by atoms with Crippen LogP contribution in [0.15, 0.2) is 35.2 Å². The highest BCUT2D eigenvalue weighted by atomic mass is 32.2. The van der Waals surface area contributed by atoms with E-state index < -0.39 is 24.5 Å². The molecule has 6 heteroatoms. The van der Waals surface area contributed by atoms with E-state index in [2.05, 4.69) is 4.74 Å². The van der Waals surface area contributed by atoms with Crippen LogP contribution in [0.25, 0.3) is 0 Å². The third kappa shape index (κ3) is 6.52. The largest absolute Gasteiger partial charge is 0.466 e. The summed E-state index contributed by atoms with van der Waals surface area (Å²) < 4.78 is 41.9. The van der Waals surface area contributed by atoms with Gasteiger partial charge in [0.1, 0.15) is 0 Å². The number of carbonyl (C=O) groups excluding carboxylic acids is 1. The van der Waals surface area contributed by atoms with Crippen molar-refractivity contribution in [1.29, 1.82) is 0 Å². The zero-order chi connectivity index (χ0) is 14.3. The van der Waals surface area contributed by atoms with Crippen molar-refractivity contribution in [2.24, 2.45) is 5.92 Å². The molecule has 0 aliphatic heterocycles. The number of carbonyl (C=O) groups is 1. The molecule has 1 unspecified atom stereocenters. The normalized spacial score (nSPS) is 13.1. The lowest BCUT2D eigenvalue weighted by Crippen LogP contribution is -2.26. The second kappa shape index (κ2) is 7.43. The standard InChI is InChI=1S/C13H15F3O2S/c1-2-18-12(17)10(8-13(14,15)16)9-19-11-6-4-3-5-7-11/h3-7,10H,2,8-9H2,1H3. The highest BCUT2D eigenvalue weighted by Crippen LogP contribution is 2.30. The SMILES string of the molecule is CCOC(=O)C(CSc1ccccc1)CC(F)(F)F. The van der Waals surface area contributed by atoms with Gasteiger partial charge >= 0.3 is 12.1 Å². The minimum atomic E-state index is -4.37. The molecule has 0 fully saturated rings. The molecule has 0 saturated carbocycles. The van der Waals surface area contributed by atoms with E-state index in [0.717, 1.165) is 4.90 Å². The summed E-state index contributed by atoms with van der Waals surface area (Å²) in [6.45, 7) is 1.66. The van der Waals surface area contributed by atoms with Gasteiger partial charge in [-0.25, -0.2) is 0 Å². The summed E-state index contributed by atoms with van der Waals surface area (Å²) in [5.74, 6) is -1.89. The first-order valence-electron chi connectivity index (χ1n) is 5.83. The molecule has 0 radical (unpaired) electrons. The van der Waals surface area contributed by atoms with Gasteiger partial charge in [-0.15, -0.1) is 11.8 Å². The lowest BCUT2D eigenvalue weighted by atomic mass is 10.1. The second-order valence-electron chi connectivity index (χ2n) is 3.89. The topological polar surface area (TPSA) is 26.3 Å². The van der Waals surface area contributed by atoms with Crippen LogP contribution < -0.4 is 0 Å². The Morgan fingerprint density at radius 1 is 1.32 bits per heavy atom. The van der Waals surface area contributed by atoms with Crippen molar-refractivity contribution in [1.82, 2.24) is 0 Å². The van der Waals surface area contributed by atoms with Gasteiger partial charge in [0.25, 0.3) is 0 Å². The Bertz CT molecular complexity index is 393. The summed E-state index contributed by atoms with van der Waals surface area (Å²) >= 11 is 1.22. The number of rotatable bonds is 6. The maximum Gasteiger partial charge on any atom is 0.389 e. The first kappa shape index (κ1) is 15.9. The van der Waals surface area contributed by atoms with Crippen molar-refractivity contribution >= 4 is 17.7 Å². The number of hydrogen-bond acceptors (Lipinski definition) is 3. The summed E-state index contributed by atoms with van der Waals surface area (Å²) in [7, 11) is 0. The van der Waals surface area contributed by atoms with Gasteiger partial charge in [0, 0.05) is 10.6 Å². The second-order valence-corrected chi connectivity index (χ2v) is 4.99. The van der Waals surface area contributed by atoms with Gasteiger partial charge < -0.3 is 4.74 Å². The number of alkyl halides is 3. The molecule has 0 aromatic heterocycles. The van der Waals surface area contributed by atoms with Gasteiger partial charge in [0.2, 0.25) is 0 Å². The lowest BCUT2D eigenvalue weighted by molar-refractivity contribution is -0.165. The van der Waals surface area contributed by atoms with Crippen LogP contribution in [0.1, 0.15) is 13.3 Å². The van der Waals surface area contributed by atoms with Crippen molar-refractivity contribution in [3.05, 3.63) is 30.3 Å². The van der Waals surface area contributed by atoms with Gasteiger partial charge in [-0.05, 0) is 19.1 Å². The highest BCUT2D eigenvalue weighted by Gasteiger charge is 2.36. The van der Waals surface area contributed by atoms with Crippen LogP contribution in [0.4, 0.5) is 13.2 Å². The third-order valence-electron chi connectivity index (χ3n) is 2.29. The van der Waals surface area contributed by atoms with Gasteiger partial charge in [-0.3, -0.25) is 4.79 Å². The average Bonchev–Trinajstić information content (AvgIpc) is 2.34. The molecule has 0 saturated heterocycles. The molecule has 1 rings (SSSR count). The summed E-state index contributed by atoms with van der Waals surface area (Å²) in [5, 5.41) is 0. The molecule has 0 amide bonds. The Morgan fingerprint density at radius 3 is 2.47 bits per heavy atom. The molecule has 0 heterocycles. The van der Waals surface area contributed by atoms with Gasteiger partial charge in [0.05, 0.1) is 18.9 Å². The van der Waals surface area contributed by atoms with Crippen LogP contribution in [0.3, 0.4) is 0 Å². The Morgan fingerprint density at radius 2 is 1.95 bits per heavy atom. The minimum absolute atomic E-state index is 0.0579. The monoisotopic (exact) mass is 292 g/mol. The van der Waals surface area contributed by atoms with Gasteiger partial charge in [0.15, 0.2) is 0 Å². The predicted molar refractivity (Wildman–Crippen MR) is 68.0 cm³/mol. The van der Waals surface area contributed by atoms with Crippen LogP contribution in [-0.2, 0) is 9.53 Å². The third-order valence-corrected chi connectivity index (χ3v) is 3.47. The number of hydrogen-bond donors (Lipinski definition) is 0. The van der Waals surface area contributed by atoms with Crippen LogP contribution in [0.2, 0.25) is 0 Å². The number of ether oxygens (including phenoxy) is 1. The summed E-state index contributed by atoms with van der Waals surface area (Å²) in [5.41, 5.74) is 0. The van der Waals surface area contributed by atoms with Crippen molar-refractivity contribution in [2.45, 2.75) is 24.4 Å². The van der Waals surface area contributed by atoms with E-state index in [-0.39, 0.29) is 12.4 Å². The first-order valence-corrected chi connectivity index (χ1v) is 6.82. The predicted octanol–water partition coefficient (Wildman–Crippen LogP) is 3.91. The molecule has 0 spiro atoms. The fourth-order valence-corrected chi connectivity index (χ4v) is 2.46. The maximum atomic E-state index is 12.4. The molecule has 0 bridgehead atoms. The zero-order valence-electron chi connectivity index (χ0n) is 10.4. The Hall–Kier alpha value is -1.17. The lowest BCUT2D eigenvalue weighted by Gasteiger charge is -2.16. The molecule has 2 nitrogen and oxygen atoms in total. The first-order chi connectivity index (χ1) is 8.92. The van der Waals surface area contributed by atoms with E-state index in [9.17, 15) is 18.0 Å². The fourth-order valence-electron chi connectivity index (χ4n) is 1.46. The maximum absolute atomic E-state index is 12.4. The van der Waals surface area contributed by atoms with Crippen LogP contribution >= 0.6 is 11.8 Å². The van der Waals surface area contributed by atoms with E-state index >= 15 is 0 Å². The Balaban J connectivity index is 2.61. The van der Waals surface area contributed by atoms with Crippen LogP contribution in [-0.4, -0.2) is 24.5 Å². The Kier molecular flexibility index (Phi) is 6.21. The number of esters is 1. The molecule has 0 N–H and O–H groups in total. The number of halogens is 3. The molecular weight excluding hydrogens is 277 g/mol. The summed E-state index contributed by atoms with van der Waals surface area (Å²) in [4.78, 5) is 12.3. The molecule has 1 atom stereocenters. The quantitative estimate of drug-likeness (QED) is 0.587. The number of thioether (sulfide) groups is 1. The molecule has 19 heavy (non-hydrogen) atoms. The molecule has 1 aromatic rings.